The van der Waals surface area contributed by atoms with Gasteiger partial charge in [-0.2, -0.15) is 5.10 Å². The minimum Gasteiger partial charge on any atom is -0.504 e. The van der Waals surface area contributed by atoms with Crippen LogP contribution in [0.2, 0.25) is 0 Å². The number of benzene rings is 3. The normalized spacial score (nSPS) is 15.2. The van der Waals surface area contributed by atoms with Gasteiger partial charge in [0.2, 0.25) is 0 Å². The fourth-order valence-electron chi connectivity index (χ4n) is 3.98. The van der Waals surface area contributed by atoms with Crippen molar-refractivity contribution in [3.8, 4) is 11.5 Å². The van der Waals surface area contributed by atoms with Crippen molar-refractivity contribution in [2.24, 2.45) is 5.10 Å². The van der Waals surface area contributed by atoms with Gasteiger partial charge in [0, 0.05) is 29.6 Å². The van der Waals surface area contributed by atoms with E-state index in [-0.39, 0.29) is 17.2 Å². The predicted molar refractivity (Wildman–Crippen MR) is 129 cm³/mol. The Labute approximate surface area is 199 Å². The molecule has 176 valence electrons. The Balaban J connectivity index is 1.48. The van der Waals surface area contributed by atoms with Crippen LogP contribution in [0.4, 0.5) is 16.2 Å². The van der Waals surface area contributed by atoms with E-state index in [1.165, 1.54) is 42.5 Å². The number of nitrogens with zero attached hydrogens (tertiary/aromatic N) is 3. The Morgan fingerprint density at radius 3 is 2.66 bits per heavy atom. The first-order chi connectivity index (χ1) is 16.9. The van der Waals surface area contributed by atoms with Gasteiger partial charge in [0.1, 0.15) is 11.3 Å². The first-order valence-corrected chi connectivity index (χ1v) is 10.7. The number of amides is 2. The number of hydrogen-bond acceptors (Lipinski definition) is 7. The highest BCUT2D eigenvalue weighted by Gasteiger charge is 2.35. The minimum atomic E-state index is -0.526. The number of ether oxygens (including phenoxy) is 1. The summed E-state index contributed by atoms with van der Waals surface area (Å²) in [5, 5.41) is 30.4. The SMILES string of the molecule is COc1cc(C2CC(c3cc4ccccc4o3)=NN2C(=O)Nc2ccc([N+](=O)[O-])cc2)ccc1O. The van der Waals surface area contributed by atoms with Gasteiger partial charge in [-0.1, -0.05) is 24.3 Å². The van der Waals surface area contributed by atoms with Crippen molar-refractivity contribution >= 4 is 34.1 Å². The number of nitro groups is 1. The maximum atomic E-state index is 13.3. The number of methoxy groups -OCH3 is 1. The average Bonchev–Trinajstić information content (AvgIpc) is 3.49. The van der Waals surface area contributed by atoms with Crippen molar-refractivity contribution in [1.29, 1.82) is 0 Å². The van der Waals surface area contributed by atoms with Crippen LogP contribution in [0.15, 0.2) is 82.3 Å². The summed E-state index contributed by atoms with van der Waals surface area (Å²) >= 11 is 0. The first kappa shape index (κ1) is 22.0. The van der Waals surface area contributed by atoms with Crippen LogP contribution >= 0.6 is 0 Å². The van der Waals surface area contributed by atoms with Crippen LogP contribution in [0, 0.1) is 10.1 Å². The first-order valence-electron chi connectivity index (χ1n) is 10.7. The number of anilines is 1. The molecule has 2 N–H and O–H groups in total. The van der Waals surface area contributed by atoms with E-state index in [9.17, 15) is 20.0 Å². The van der Waals surface area contributed by atoms with Crippen LogP contribution in [-0.4, -0.2) is 33.9 Å². The molecule has 10 nitrogen and oxygen atoms in total. The van der Waals surface area contributed by atoms with Gasteiger partial charge in [0.25, 0.3) is 5.69 Å². The molecular weight excluding hydrogens is 452 g/mol. The number of nitro benzene ring substituents is 1. The van der Waals surface area contributed by atoms with Crippen molar-refractivity contribution in [1.82, 2.24) is 5.01 Å². The van der Waals surface area contributed by atoms with E-state index in [2.05, 4.69) is 10.4 Å². The molecule has 1 atom stereocenters. The highest BCUT2D eigenvalue weighted by atomic mass is 16.6. The Morgan fingerprint density at radius 1 is 1.17 bits per heavy atom. The van der Waals surface area contributed by atoms with E-state index in [1.807, 2.05) is 30.3 Å². The maximum Gasteiger partial charge on any atom is 0.342 e. The molecule has 2 amide bonds. The number of carbonyl (C=O) groups excluding carboxylic acids is 1. The van der Waals surface area contributed by atoms with Crippen molar-refractivity contribution < 1.29 is 24.0 Å². The van der Waals surface area contributed by atoms with E-state index >= 15 is 0 Å². The zero-order valence-corrected chi connectivity index (χ0v) is 18.5. The van der Waals surface area contributed by atoms with Gasteiger partial charge >= 0.3 is 6.03 Å². The zero-order chi connectivity index (χ0) is 24.5. The number of furan rings is 1. The number of carbonyl (C=O) groups is 1. The molecule has 35 heavy (non-hydrogen) atoms. The molecule has 3 aromatic carbocycles. The summed E-state index contributed by atoms with van der Waals surface area (Å²) in [5.74, 6) is 0.803. The van der Waals surface area contributed by atoms with Gasteiger partial charge in [0.05, 0.1) is 18.1 Å². The molecule has 0 fully saturated rings. The maximum absolute atomic E-state index is 13.3. The third kappa shape index (κ3) is 4.24. The number of hydrogen-bond donors (Lipinski definition) is 2. The molecule has 0 aliphatic carbocycles. The second-order valence-corrected chi connectivity index (χ2v) is 7.93. The molecule has 1 aromatic heterocycles. The van der Waals surface area contributed by atoms with Crippen LogP contribution in [0.25, 0.3) is 11.0 Å². The second kappa shape index (κ2) is 8.82. The zero-order valence-electron chi connectivity index (χ0n) is 18.5. The molecule has 0 radical (unpaired) electrons. The molecule has 1 aliphatic heterocycles. The lowest BCUT2D eigenvalue weighted by molar-refractivity contribution is -0.384. The Kier molecular flexibility index (Phi) is 5.54. The highest BCUT2D eigenvalue weighted by Crippen LogP contribution is 2.38. The van der Waals surface area contributed by atoms with Crippen LogP contribution in [-0.2, 0) is 0 Å². The molecule has 10 heteroatoms. The highest BCUT2D eigenvalue weighted by molar-refractivity contribution is 6.04. The van der Waals surface area contributed by atoms with Crippen molar-refractivity contribution in [3.05, 3.63) is 94.2 Å². The molecular formula is C25H20N4O6. The molecule has 2 heterocycles. The third-order valence-corrected chi connectivity index (χ3v) is 5.75. The molecule has 4 aromatic rings. The summed E-state index contributed by atoms with van der Waals surface area (Å²) in [7, 11) is 1.45. The van der Waals surface area contributed by atoms with Crippen LogP contribution in [0.1, 0.15) is 23.8 Å². The summed E-state index contributed by atoms with van der Waals surface area (Å²) in [6.45, 7) is 0. The van der Waals surface area contributed by atoms with Gasteiger partial charge in [-0.3, -0.25) is 10.1 Å². The van der Waals surface area contributed by atoms with E-state index in [0.29, 0.717) is 34.7 Å². The summed E-state index contributed by atoms with van der Waals surface area (Å²) in [5.41, 5.74) is 2.30. The number of phenols is 1. The fourth-order valence-corrected chi connectivity index (χ4v) is 3.98. The standard InChI is InChI=1S/C25H20N4O6/c1-34-24-12-15(6-11-21(24)30)20-14-19(23-13-16-4-2-3-5-22(16)35-23)27-28(20)25(31)26-17-7-9-18(10-8-17)29(32)33/h2-13,20,30H,14H2,1H3,(H,26,31). The van der Waals surface area contributed by atoms with Gasteiger partial charge in [-0.25, -0.2) is 9.80 Å². The molecule has 0 saturated carbocycles. The lowest BCUT2D eigenvalue weighted by atomic mass is 10.0. The quantitative estimate of drug-likeness (QED) is 0.294. The fraction of sp³-hybridized carbons (Fsp3) is 0.120. The number of urea groups is 1. The molecule has 0 spiro atoms. The van der Waals surface area contributed by atoms with Crippen molar-refractivity contribution in [2.75, 3.05) is 12.4 Å². The third-order valence-electron chi connectivity index (χ3n) is 5.75. The summed E-state index contributed by atoms with van der Waals surface area (Å²) < 4.78 is 11.2. The molecule has 0 bridgehead atoms. The lowest BCUT2D eigenvalue weighted by Gasteiger charge is -2.23. The molecule has 1 unspecified atom stereocenters. The Bertz CT molecular complexity index is 1430. The van der Waals surface area contributed by atoms with Gasteiger partial charge < -0.3 is 19.6 Å². The number of fused-ring (bicyclic) bond motifs is 1. The average molecular weight is 472 g/mol. The van der Waals surface area contributed by atoms with E-state index in [0.717, 1.165) is 5.39 Å². The number of hydrazone groups is 1. The molecule has 1 aliphatic rings. The summed E-state index contributed by atoms with van der Waals surface area (Å²) in [6, 6.07) is 18.8. The molecule has 0 saturated heterocycles. The number of phenolic OH excluding ortho intramolecular Hbond substituents is 1. The number of para-hydroxylation sites is 1. The van der Waals surface area contributed by atoms with Crippen LogP contribution in [0.3, 0.4) is 0 Å². The van der Waals surface area contributed by atoms with Crippen molar-refractivity contribution in [2.45, 2.75) is 12.5 Å². The van der Waals surface area contributed by atoms with E-state index in [1.54, 1.807) is 12.1 Å². The predicted octanol–water partition coefficient (Wildman–Crippen LogP) is 5.44. The largest absolute Gasteiger partial charge is 0.504 e. The number of aromatic hydroxyl groups is 1. The minimum absolute atomic E-state index is 0.0189. The number of nitrogens with one attached hydrogen (secondary N) is 1. The Hall–Kier alpha value is -4.86. The van der Waals surface area contributed by atoms with Gasteiger partial charge in [-0.15, -0.1) is 0 Å². The van der Waals surface area contributed by atoms with Crippen LogP contribution in [0.5, 0.6) is 11.5 Å². The van der Waals surface area contributed by atoms with Crippen LogP contribution < -0.4 is 10.1 Å². The topological polar surface area (TPSA) is 130 Å². The number of non-ortho nitro benzene ring substituents is 1. The molecule has 5 rings (SSSR count). The second-order valence-electron chi connectivity index (χ2n) is 7.93. The van der Waals surface area contributed by atoms with E-state index < -0.39 is 17.0 Å². The number of rotatable bonds is 5. The van der Waals surface area contributed by atoms with E-state index in [4.69, 9.17) is 9.15 Å². The van der Waals surface area contributed by atoms with Gasteiger partial charge in [-0.05, 0) is 42.0 Å². The lowest BCUT2D eigenvalue weighted by Crippen LogP contribution is -2.31. The van der Waals surface area contributed by atoms with Crippen molar-refractivity contribution in [3.63, 3.8) is 0 Å². The summed E-state index contributed by atoms with van der Waals surface area (Å²) in [4.78, 5) is 23.7. The van der Waals surface area contributed by atoms with Gasteiger partial charge in [0.15, 0.2) is 17.3 Å². The summed E-state index contributed by atoms with van der Waals surface area (Å²) in [6.07, 6.45) is 0.363. The monoisotopic (exact) mass is 472 g/mol. The Morgan fingerprint density at radius 2 is 1.94 bits per heavy atom. The smallest absolute Gasteiger partial charge is 0.342 e.